The molecule has 2 heterocycles. The molecule has 0 saturated carbocycles. The van der Waals surface area contributed by atoms with Crippen LogP contribution >= 0.6 is 0 Å². The molecule has 0 radical (unpaired) electrons. The summed E-state index contributed by atoms with van der Waals surface area (Å²) in [7, 11) is 1.77. The van der Waals surface area contributed by atoms with E-state index in [2.05, 4.69) is 0 Å². The van der Waals surface area contributed by atoms with Crippen molar-refractivity contribution in [1.29, 1.82) is 0 Å². The van der Waals surface area contributed by atoms with E-state index in [-0.39, 0.29) is 11.7 Å². The van der Waals surface area contributed by atoms with E-state index in [1.54, 1.807) is 11.9 Å². The zero-order valence-corrected chi connectivity index (χ0v) is 9.21. The van der Waals surface area contributed by atoms with Gasteiger partial charge in [0.05, 0.1) is 19.8 Å². The normalized spacial score (nSPS) is 24.2. The zero-order valence-electron chi connectivity index (χ0n) is 9.21. The number of rotatable bonds is 0. The van der Waals surface area contributed by atoms with Crippen molar-refractivity contribution >= 4 is 6.09 Å². The minimum atomic E-state index is -0.232. The molecule has 82 valence electrons. The van der Waals surface area contributed by atoms with Crippen molar-refractivity contribution in [3.05, 3.63) is 0 Å². The van der Waals surface area contributed by atoms with Crippen LogP contribution in [0.2, 0.25) is 0 Å². The fraction of sp³-hybridized carbons (Fsp3) is 0.900. The van der Waals surface area contributed by atoms with Crippen molar-refractivity contribution in [3.63, 3.8) is 0 Å². The van der Waals surface area contributed by atoms with E-state index in [9.17, 15) is 4.79 Å². The third kappa shape index (κ3) is 2.18. The maximum absolute atomic E-state index is 11.1. The fourth-order valence-electron chi connectivity index (χ4n) is 1.80. The summed E-state index contributed by atoms with van der Waals surface area (Å²) in [5.41, 5.74) is -0.232. The Kier molecular flexibility index (Phi) is 3.75. The van der Waals surface area contributed by atoms with Crippen molar-refractivity contribution in [1.82, 2.24) is 4.90 Å². The standard InChI is InChI=1S/C8H13NO3.C2H6/c1-9-6-8(12-7(9)10)2-4-11-5-3-8;1-2/h2-6H2,1H3;1-2H3. The highest BCUT2D eigenvalue weighted by atomic mass is 16.6. The smallest absolute Gasteiger partial charge is 0.410 e. The van der Waals surface area contributed by atoms with Crippen LogP contribution in [-0.4, -0.2) is 43.4 Å². The molecule has 0 N–H and O–H groups in total. The molecule has 2 saturated heterocycles. The van der Waals surface area contributed by atoms with Crippen molar-refractivity contribution < 1.29 is 14.3 Å². The minimum absolute atomic E-state index is 0.197. The molecule has 0 aromatic carbocycles. The number of hydrogen-bond acceptors (Lipinski definition) is 3. The highest BCUT2D eigenvalue weighted by Crippen LogP contribution is 2.31. The number of amides is 1. The molecule has 0 aliphatic carbocycles. The van der Waals surface area contributed by atoms with Gasteiger partial charge in [-0.1, -0.05) is 13.8 Å². The SMILES string of the molecule is CC.CN1CC2(CCOCC2)OC1=O. The first-order valence-electron chi connectivity index (χ1n) is 5.24. The minimum Gasteiger partial charge on any atom is -0.441 e. The first-order valence-corrected chi connectivity index (χ1v) is 5.24. The molecule has 0 unspecified atom stereocenters. The van der Waals surface area contributed by atoms with Crippen LogP contribution in [0.5, 0.6) is 0 Å². The Balaban J connectivity index is 0.000000461. The van der Waals surface area contributed by atoms with E-state index in [0.717, 1.165) is 19.4 Å². The average Bonchev–Trinajstić information content (AvgIpc) is 2.46. The summed E-state index contributed by atoms with van der Waals surface area (Å²) in [5, 5.41) is 0. The number of ether oxygens (including phenoxy) is 2. The van der Waals surface area contributed by atoms with Crippen molar-refractivity contribution in [3.8, 4) is 0 Å². The lowest BCUT2D eigenvalue weighted by atomic mass is 9.95. The third-order valence-corrected chi connectivity index (χ3v) is 2.54. The maximum atomic E-state index is 11.1. The first kappa shape index (κ1) is 11.3. The molecule has 2 fully saturated rings. The van der Waals surface area contributed by atoms with Gasteiger partial charge in [-0.2, -0.15) is 0 Å². The Morgan fingerprint density at radius 1 is 1.29 bits per heavy atom. The van der Waals surface area contributed by atoms with E-state index in [1.807, 2.05) is 13.8 Å². The molecule has 2 aliphatic rings. The van der Waals surface area contributed by atoms with Gasteiger partial charge in [0.15, 0.2) is 0 Å². The summed E-state index contributed by atoms with van der Waals surface area (Å²) in [6, 6.07) is 0. The van der Waals surface area contributed by atoms with Crippen molar-refractivity contribution in [2.24, 2.45) is 0 Å². The van der Waals surface area contributed by atoms with Crippen LogP contribution in [0.1, 0.15) is 26.7 Å². The van der Waals surface area contributed by atoms with Gasteiger partial charge in [-0.3, -0.25) is 0 Å². The Morgan fingerprint density at radius 2 is 1.86 bits per heavy atom. The largest absolute Gasteiger partial charge is 0.441 e. The Labute approximate surface area is 85.2 Å². The van der Waals surface area contributed by atoms with Gasteiger partial charge in [-0.05, 0) is 0 Å². The first-order chi connectivity index (χ1) is 6.72. The highest BCUT2D eigenvalue weighted by Gasteiger charge is 2.44. The van der Waals surface area contributed by atoms with Gasteiger partial charge in [-0.15, -0.1) is 0 Å². The van der Waals surface area contributed by atoms with Crippen molar-refractivity contribution in [2.75, 3.05) is 26.8 Å². The predicted octanol–water partition coefficient (Wildman–Crippen LogP) is 1.64. The highest BCUT2D eigenvalue weighted by molar-refractivity contribution is 5.70. The van der Waals surface area contributed by atoms with Crippen LogP contribution in [0.4, 0.5) is 4.79 Å². The summed E-state index contributed by atoms with van der Waals surface area (Å²) < 4.78 is 10.5. The molecule has 0 aromatic heterocycles. The average molecular weight is 201 g/mol. The number of nitrogens with zero attached hydrogens (tertiary/aromatic N) is 1. The molecule has 1 spiro atoms. The second-order valence-electron chi connectivity index (χ2n) is 3.52. The Bertz CT molecular complexity index is 200. The van der Waals surface area contributed by atoms with Gasteiger partial charge in [-0.25, -0.2) is 4.79 Å². The number of likely N-dealkylation sites (N-methyl/N-ethyl adjacent to an activating group) is 1. The summed E-state index contributed by atoms with van der Waals surface area (Å²) in [6.07, 6.45) is 1.48. The van der Waals surface area contributed by atoms with Gasteiger partial charge in [0.2, 0.25) is 0 Å². The molecule has 2 rings (SSSR count). The maximum Gasteiger partial charge on any atom is 0.410 e. The molecular weight excluding hydrogens is 182 g/mol. The predicted molar refractivity (Wildman–Crippen MR) is 53.2 cm³/mol. The second-order valence-corrected chi connectivity index (χ2v) is 3.52. The number of hydrogen-bond donors (Lipinski definition) is 0. The lowest BCUT2D eigenvalue weighted by molar-refractivity contribution is -0.0436. The topological polar surface area (TPSA) is 38.8 Å². The van der Waals surface area contributed by atoms with Crippen LogP contribution in [0.3, 0.4) is 0 Å². The molecular formula is C10H19NO3. The van der Waals surface area contributed by atoms with E-state index >= 15 is 0 Å². The molecule has 2 aliphatic heterocycles. The fourth-order valence-corrected chi connectivity index (χ4v) is 1.80. The van der Waals surface area contributed by atoms with Crippen LogP contribution in [0.15, 0.2) is 0 Å². The quantitative estimate of drug-likeness (QED) is 0.598. The van der Waals surface area contributed by atoms with E-state index < -0.39 is 0 Å². The van der Waals surface area contributed by atoms with Gasteiger partial charge in [0.1, 0.15) is 5.60 Å². The van der Waals surface area contributed by atoms with Gasteiger partial charge >= 0.3 is 6.09 Å². The van der Waals surface area contributed by atoms with E-state index in [1.165, 1.54) is 0 Å². The Hall–Kier alpha value is -0.770. The summed E-state index contributed by atoms with van der Waals surface area (Å²) in [6.45, 7) is 6.14. The number of carbonyl (C=O) groups is 1. The molecule has 0 bridgehead atoms. The summed E-state index contributed by atoms with van der Waals surface area (Å²) >= 11 is 0. The van der Waals surface area contributed by atoms with Crippen LogP contribution < -0.4 is 0 Å². The van der Waals surface area contributed by atoms with E-state index in [4.69, 9.17) is 9.47 Å². The van der Waals surface area contributed by atoms with Crippen LogP contribution in [0.25, 0.3) is 0 Å². The van der Waals surface area contributed by atoms with Gasteiger partial charge in [0, 0.05) is 19.9 Å². The number of carbonyl (C=O) groups excluding carboxylic acids is 1. The van der Waals surface area contributed by atoms with Gasteiger partial charge < -0.3 is 14.4 Å². The second kappa shape index (κ2) is 4.64. The monoisotopic (exact) mass is 201 g/mol. The molecule has 4 heteroatoms. The molecule has 1 amide bonds. The van der Waals surface area contributed by atoms with Gasteiger partial charge in [0.25, 0.3) is 0 Å². The lowest BCUT2D eigenvalue weighted by Crippen LogP contribution is -2.39. The van der Waals surface area contributed by atoms with Crippen LogP contribution in [-0.2, 0) is 9.47 Å². The molecule has 0 atom stereocenters. The lowest BCUT2D eigenvalue weighted by Gasteiger charge is -2.30. The van der Waals surface area contributed by atoms with Crippen LogP contribution in [0, 0.1) is 0 Å². The Morgan fingerprint density at radius 3 is 2.29 bits per heavy atom. The molecule has 0 aromatic rings. The van der Waals surface area contributed by atoms with E-state index in [0.29, 0.717) is 13.2 Å². The molecule has 14 heavy (non-hydrogen) atoms. The van der Waals surface area contributed by atoms with Crippen molar-refractivity contribution in [2.45, 2.75) is 32.3 Å². The molecule has 4 nitrogen and oxygen atoms in total. The third-order valence-electron chi connectivity index (χ3n) is 2.54. The summed E-state index contributed by atoms with van der Waals surface area (Å²) in [5.74, 6) is 0. The zero-order chi connectivity index (χ0) is 10.6. The summed E-state index contributed by atoms with van der Waals surface area (Å²) in [4.78, 5) is 12.7.